The molecule has 1 atom stereocenters. The van der Waals surface area contributed by atoms with Crippen molar-refractivity contribution in [3.8, 4) is 0 Å². The first-order valence-electron chi connectivity index (χ1n) is 3.52. The van der Waals surface area contributed by atoms with Gasteiger partial charge in [0, 0.05) is 6.42 Å². The molecular weight excluding hydrogens is 114 g/mol. The van der Waals surface area contributed by atoms with Crippen LogP contribution in [0, 0.1) is 0 Å². The van der Waals surface area contributed by atoms with Gasteiger partial charge in [-0.2, -0.15) is 0 Å². The van der Waals surface area contributed by atoms with Crippen molar-refractivity contribution in [3.63, 3.8) is 0 Å². The van der Waals surface area contributed by atoms with Crippen molar-refractivity contribution in [2.75, 3.05) is 6.54 Å². The highest BCUT2D eigenvalue weighted by Crippen LogP contribution is 2.32. The molecule has 54 valence electrons. The van der Waals surface area contributed by atoms with Crippen molar-refractivity contribution in [1.29, 1.82) is 0 Å². The van der Waals surface area contributed by atoms with Gasteiger partial charge < -0.3 is 10.5 Å². The maximum atomic E-state index is 5.49. The number of nitrogens with two attached hydrogens (primary N) is 1. The zero-order valence-corrected chi connectivity index (χ0v) is 6.18. The largest absolute Gasteiger partial charge is 0.372 e. The van der Waals surface area contributed by atoms with Gasteiger partial charge in [0.15, 0.2) is 0 Å². The average molecular weight is 129 g/mol. The number of rotatable bonds is 2. The van der Waals surface area contributed by atoms with Crippen molar-refractivity contribution < 1.29 is 4.74 Å². The summed E-state index contributed by atoms with van der Waals surface area (Å²) >= 11 is 0. The summed E-state index contributed by atoms with van der Waals surface area (Å²) in [5.74, 6) is 0. The minimum atomic E-state index is 0.139. The summed E-state index contributed by atoms with van der Waals surface area (Å²) in [6.45, 7) is 4.97. The molecule has 1 fully saturated rings. The maximum absolute atomic E-state index is 5.49. The number of hydrogen-bond acceptors (Lipinski definition) is 2. The fraction of sp³-hybridized carbons (Fsp3) is 1.00. The summed E-state index contributed by atoms with van der Waals surface area (Å²) in [4.78, 5) is 0. The minimum Gasteiger partial charge on any atom is -0.372 e. The maximum Gasteiger partial charge on any atom is 0.0655 e. The fourth-order valence-electron chi connectivity index (χ4n) is 1.34. The van der Waals surface area contributed by atoms with Crippen LogP contribution in [0.3, 0.4) is 0 Å². The first-order chi connectivity index (χ1) is 4.14. The second-order valence-corrected chi connectivity index (χ2v) is 3.28. The summed E-state index contributed by atoms with van der Waals surface area (Å²) in [5, 5.41) is 0. The lowest BCUT2D eigenvalue weighted by molar-refractivity contribution is -0.185. The molecule has 2 N–H and O–H groups in total. The Morgan fingerprint density at radius 3 is 2.56 bits per heavy atom. The quantitative estimate of drug-likeness (QED) is 0.601. The highest BCUT2D eigenvalue weighted by Gasteiger charge is 2.36. The minimum absolute atomic E-state index is 0.139. The molecule has 0 spiro atoms. The molecule has 0 aromatic heterocycles. The predicted octanol–water partition coefficient (Wildman–Crippen LogP) is 0.903. The molecule has 0 bridgehead atoms. The summed E-state index contributed by atoms with van der Waals surface area (Å²) in [7, 11) is 0. The predicted molar refractivity (Wildman–Crippen MR) is 37.2 cm³/mol. The topological polar surface area (TPSA) is 35.2 Å². The molecule has 1 heterocycles. The third-order valence-electron chi connectivity index (χ3n) is 1.69. The molecule has 0 aromatic carbocycles. The Balaban J connectivity index is 2.12. The normalized spacial score (nSPS) is 31.7. The first kappa shape index (κ1) is 7.03. The molecule has 0 radical (unpaired) electrons. The third-order valence-corrected chi connectivity index (χ3v) is 1.69. The van der Waals surface area contributed by atoms with Gasteiger partial charge in [-0.05, 0) is 26.8 Å². The lowest BCUT2D eigenvalue weighted by atomic mass is 9.91. The van der Waals surface area contributed by atoms with E-state index in [9.17, 15) is 0 Å². The van der Waals surface area contributed by atoms with Crippen molar-refractivity contribution in [3.05, 3.63) is 0 Å². The third kappa shape index (κ3) is 1.66. The molecule has 1 unspecified atom stereocenters. The molecule has 0 saturated carbocycles. The van der Waals surface area contributed by atoms with Gasteiger partial charge in [-0.15, -0.1) is 0 Å². The van der Waals surface area contributed by atoms with Crippen LogP contribution in [-0.4, -0.2) is 18.2 Å². The Bertz CT molecular complexity index is 93.1. The van der Waals surface area contributed by atoms with Crippen LogP contribution in [0.2, 0.25) is 0 Å². The highest BCUT2D eigenvalue weighted by atomic mass is 16.5. The molecule has 0 aliphatic carbocycles. The van der Waals surface area contributed by atoms with E-state index in [1.165, 1.54) is 6.42 Å². The Morgan fingerprint density at radius 1 is 1.67 bits per heavy atom. The van der Waals surface area contributed by atoms with E-state index >= 15 is 0 Å². The lowest BCUT2D eigenvalue weighted by Gasteiger charge is -2.43. The monoisotopic (exact) mass is 129 g/mol. The molecule has 2 nitrogen and oxygen atoms in total. The van der Waals surface area contributed by atoms with Gasteiger partial charge in [-0.1, -0.05) is 0 Å². The first-order valence-corrected chi connectivity index (χ1v) is 3.52. The Labute approximate surface area is 56.4 Å². The summed E-state index contributed by atoms with van der Waals surface area (Å²) in [6, 6.07) is 0. The van der Waals surface area contributed by atoms with E-state index in [-0.39, 0.29) is 5.60 Å². The number of hydrogen-bond donors (Lipinski definition) is 1. The van der Waals surface area contributed by atoms with E-state index < -0.39 is 0 Å². The molecule has 9 heavy (non-hydrogen) atoms. The Hall–Kier alpha value is -0.0800. The fourth-order valence-corrected chi connectivity index (χ4v) is 1.34. The molecule has 1 aliphatic heterocycles. The number of ether oxygens (including phenoxy) is 1. The van der Waals surface area contributed by atoms with Crippen molar-refractivity contribution >= 4 is 0 Å². The van der Waals surface area contributed by atoms with Crippen LogP contribution < -0.4 is 5.73 Å². The van der Waals surface area contributed by atoms with E-state index in [0.717, 1.165) is 13.0 Å². The standard InChI is InChI=1S/C7H15NO/c1-7(2)5-6(9-7)3-4-8/h6H,3-5,8H2,1-2H3. The highest BCUT2D eigenvalue weighted by molar-refractivity contribution is 4.85. The van der Waals surface area contributed by atoms with Crippen LogP contribution in [0.25, 0.3) is 0 Å². The van der Waals surface area contributed by atoms with Gasteiger partial charge in [-0.25, -0.2) is 0 Å². The van der Waals surface area contributed by atoms with E-state index in [4.69, 9.17) is 10.5 Å². The van der Waals surface area contributed by atoms with Gasteiger partial charge in [0.1, 0.15) is 0 Å². The van der Waals surface area contributed by atoms with Crippen LogP contribution >= 0.6 is 0 Å². The van der Waals surface area contributed by atoms with Crippen molar-refractivity contribution in [2.24, 2.45) is 5.73 Å². The van der Waals surface area contributed by atoms with Gasteiger partial charge in [0.2, 0.25) is 0 Å². The zero-order valence-electron chi connectivity index (χ0n) is 6.18. The smallest absolute Gasteiger partial charge is 0.0655 e. The molecule has 0 amide bonds. The SMILES string of the molecule is CC1(C)CC(CCN)O1. The van der Waals surface area contributed by atoms with Gasteiger partial charge in [0.05, 0.1) is 11.7 Å². The van der Waals surface area contributed by atoms with Gasteiger partial charge in [-0.3, -0.25) is 0 Å². The summed E-state index contributed by atoms with van der Waals surface area (Å²) in [5.41, 5.74) is 5.49. The van der Waals surface area contributed by atoms with Crippen molar-refractivity contribution in [2.45, 2.75) is 38.4 Å². The van der Waals surface area contributed by atoms with Crippen LogP contribution in [0.1, 0.15) is 26.7 Å². The van der Waals surface area contributed by atoms with E-state index in [1.807, 2.05) is 0 Å². The molecule has 0 aromatic rings. The Kier molecular flexibility index (Phi) is 1.78. The van der Waals surface area contributed by atoms with Crippen LogP contribution in [0.15, 0.2) is 0 Å². The van der Waals surface area contributed by atoms with Gasteiger partial charge in [0.25, 0.3) is 0 Å². The Morgan fingerprint density at radius 2 is 2.22 bits per heavy atom. The van der Waals surface area contributed by atoms with Crippen LogP contribution in [-0.2, 0) is 4.74 Å². The average Bonchev–Trinajstić information content (AvgIpc) is 1.62. The van der Waals surface area contributed by atoms with Crippen LogP contribution in [0.5, 0.6) is 0 Å². The van der Waals surface area contributed by atoms with Crippen LogP contribution in [0.4, 0.5) is 0 Å². The van der Waals surface area contributed by atoms with E-state index in [2.05, 4.69) is 13.8 Å². The molecule has 2 heteroatoms. The second kappa shape index (κ2) is 2.27. The lowest BCUT2D eigenvalue weighted by Crippen LogP contribution is -2.46. The summed E-state index contributed by atoms with van der Waals surface area (Å²) in [6.07, 6.45) is 2.64. The van der Waals surface area contributed by atoms with E-state index in [1.54, 1.807) is 0 Å². The van der Waals surface area contributed by atoms with Gasteiger partial charge >= 0.3 is 0 Å². The van der Waals surface area contributed by atoms with Crippen molar-refractivity contribution in [1.82, 2.24) is 0 Å². The molecule has 1 saturated heterocycles. The molecule has 1 rings (SSSR count). The summed E-state index contributed by atoms with van der Waals surface area (Å²) < 4.78 is 5.49. The van der Waals surface area contributed by atoms with E-state index in [0.29, 0.717) is 6.10 Å². The molecule has 1 aliphatic rings. The zero-order chi connectivity index (χ0) is 6.91. The molecular formula is C7H15NO. The second-order valence-electron chi connectivity index (χ2n) is 3.28.